The van der Waals surface area contributed by atoms with E-state index in [0.29, 0.717) is 6.42 Å². The maximum atomic E-state index is 12.7. The normalized spacial score (nSPS) is 50.0. The first-order valence-corrected chi connectivity index (χ1v) is 4.50. The van der Waals surface area contributed by atoms with E-state index in [9.17, 15) is 13.9 Å². The standard InChI is InChI=1S/C9H14F2O/c1-8(5-9(8,10)11)4-6-2-3-7(6)12/h6-7,12H,2-5H2,1H3. The minimum absolute atomic E-state index is 0.0171. The highest BCUT2D eigenvalue weighted by Crippen LogP contribution is 2.64. The molecule has 2 aliphatic rings. The molecule has 0 saturated heterocycles. The van der Waals surface area contributed by atoms with Crippen molar-refractivity contribution in [1.29, 1.82) is 0 Å². The molecule has 0 aromatic heterocycles. The van der Waals surface area contributed by atoms with Gasteiger partial charge in [0.2, 0.25) is 0 Å². The van der Waals surface area contributed by atoms with Crippen molar-refractivity contribution in [2.75, 3.05) is 0 Å². The van der Waals surface area contributed by atoms with Gasteiger partial charge in [-0.05, 0) is 25.2 Å². The molecular formula is C9H14F2O. The summed E-state index contributed by atoms with van der Waals surface area (Å²) in [5.41, 5.74) is -0.793. The first-order valence-electron chi connectivity index (χ1n) is 4.50. The van der Waals surface area contributed by atoms with E-state index < -0.39 is 11.3 Å². The molecule has 0 spiro atoms. The van der Waals surface area contributed by atoms with Crippen LogP contribution in [-0.2, 0) is 0 Å². The van der Waals surface area contributed by atoms with Crippen LogP contribution in [0.4, 0.5) is 8.78 Å². The summed E-state index contributed by atoms with van der Waals surface area (Å²) in [6.07, 6.45) is 1.93. The summed E-state index contributed by atoms with van der Waals surface area (Å²) >= 11 is 0. The van der Waals surface area contributed by atoms with E-state index in [4.69, 9.17) is 0 Å². The van der Waals surface area contributed by atoms with E-state index in [1.165, 1.54) is 0 Å². The zero-order chi connectivity index (χ0) is 8.98. The third-order valence-electron chi connectivity index (χ3n) is 3.46. The predicted molar refractivity (Wildman–Crippen MR) is 41.0 cm³/mol. The van der Waals surface area contributed by atoms with Crippen LogP contribution in [0.2, 0.25) is 0 Å². The van der Waals surface area contributed by atoms with Crippen LogP contribution >= 0.6 is 0 Å². The van der Waals surface area contributed by atoms with Crippen molar-refractivity contribution in [1.82, 2.24) is 0 Å². The molecule has 3 atom stereocenters. The molecule has 0 aromatic rings. The lowest BCUT2D eigenvalue weighted by molar-refractivity contribution is -0.0107. The maximum Gasteiger partial charge on any atom is 0.254 e. The summed E-state index contributed by atoms with van der Waals surface area (Å²) < 4.78 is 25.5. The highest BCUT2D eigenvalue weighted by molar-refractivity contribution is 5.08. The van der Waals surface area contributed by atoms with Crippen LogP contribution in [0.1, 0.15) is 32.6 Å². The highest BCUT2D eigenvalue weighted by atomic mass is 19.3. The number of aliphatic hydroxyl groups excluding tert-OH is 1. The Labute approximate surface area is 70.8 Å². The molecule has 0 radical (unpaired) electrons. The topological polar surface area (TPSA) is 20.2 Å². The minimum Gasteiger partial charge on any atom is -0.393 e. The second-order valence-electron chi connectivity index (χ2n) is 4.55. The molecule has 1 N–H and O–H groups in total. The Balaban J connectivity index is 1.88. The Hall–Kier alpha value is -0.180. The maximum absolute atomic E-state index is 12.7. The van der Waals surface area contributed by atoms with Crippen molar-refractivity contribution in [3.63, 3.8) is 0 Å². The average Bonchev–Trinajstić information content (AvgIpc) is 2.44. The molecule has 0 heterocycles. The first-order chi connectivity index (χ1) is 5.45. The van der Waals surface area contributed by atoms with E-state index in [1.54, 1.807) is 6.92 Å². The molecule has 2 aliphatic carbocycles. The fraction of sp³-hybridized carbons (Fsp3) is 1.00. The second kappa shape index (κ2) is 2.19. The van der Waals surface area contributed by atoms with Gasteiger partial charge in [0.1, 0.15) is 0 Å². The number of aliphatic hydroxyl groups is 1. The van der Waals surface area contributed by atoms with Gasteiger partial charge < -0.3 is 5.11 Å². The summed E-state index contributed by atoms with van der Waals surface area (Å²) in [4.78, 5) is 0. The van der Waals surface area contributed by atoms with Crippen LogP contribution in [0.25, 0.3) is 0 Å². The molecule has 3 heteroatoms. The van der Waals surface area contributed by atoms with Gasteiger partial charge in [0.05, 0.1) is 6.10 Å². The molecule has 0 aliphatic heterocycles. The Morgan fingerprint density at radius 2 is 2.00 bits per heavy atom. The fourth-order valence-corrected chi connectivity index (χ4v) is 2.04. The Morgan fingerprint density at radius 3 is 2.25 bits per heavy atom. The number of halogens is 2. The summed E-state index contributed by atoms with van der Waals surface area (Å²) in [7, 11) is 0. The summed E-state index contributed by atoms with van der Waals surface area (Å²) in [5.74, 6) is -2.31. The average molecular weight is 176 g/mol. The molecule has 0 bridgehead atoms. The van der Waals surface area contributed by atoms with Crippen molar-refractivity contribution in [2.45, 2.75) is 44.6 Å². The lowest BCUT2D eigenvalue weighted by atomic mass is 9.75. The van der Waals surface area contributed by atoms with Gasteiger partial charge in [-0.25, -0.2) is 8.78 Å². The molecule has 3 unspecified atom stereocenters. The van der Waals surface area contributed by atoms with Gasteiger partial charge in [-0.2, -0.15) is 0 Å². The van der Waals surface area contributed by atoms with Crippen LogP contribution in [0.5, 0.6) is 0 Å². The lowest BCUT2D eigenvalue weighted by Crippen LogP contribution is -2.33. The molecule has 2 rings (SSSR count). The quantitative estimate of drug-likeness (QED) is 0.683. The number of hydrogen-bond donors (Lipinski definition) is 1. The Kier molecular flexibility index (Phi) is 1.54. The smallest absolute Gasteiger partial charge is 0.254 e. The summed E-state index contributed by atoms with van der Waals surface area (Å²) in [6.45, 7) is 1.62. The monoisotopic (exact) mass is 176 g/mol. The van der Waals surface area contributed by atoms with Gasteiger partial charge in [0.25, 0.3) is 5.92 Å². The van der Waals surface area contributed by atoms with Gasteiger partial charge in [0, 0.05) is 11.8 Å². The molecule has 70 valence electrons. The molecular weight excluding hydrogens is 162 g/mol. The third-order valence-corrected chi connectivity index (χ3v) is 3.46. The summed E-state index contributed by atoms with van der Waals surface area (Å²) in [5, 5.41) is 9.22. The van der Waals surface area contributed by atoms with E-state index >= 15 is 0 Å². The van der Waals surface area contributed by atoms with Crippen molar-refractivity contribution in [3.8, 4) is 0 Å². The molecule has 12 heavy (non-hydrogen) atoms. The SMILES string of the molecule is CC1(CC2CCC2O)CC1(F)F. The zero-order valence-corrected chi connectivity index (χ0v) is 7.19. The fourth-order valence-electron chi connectivity index (χ4n) is 2.04. The molecule has 0 amide bonds. The van der Waals surface area contributed by atoms with E-state index in [1.807, 2.05) is 0 Å². The minimum atomic E-state index is -2.46. The van der Waals surface area contributed by atoms with Gasteiger partial charge in [-0.1, -0.05) is 6.92 Å². The van der Waals surface area contributed by atoms with Crippen molar-refractivity contribution in [3.05, 3.63) is 0 Å². The van der Waals surface area contributed by atoms with E-state index in [0.717, 1.165) is 12.8 Å². The Morgan fingerprint density at radius 1 is 1.42 bits per heavy atom. The summed E-state index contributed by atoms with van der Waals surface area (Å²) in [6, 6.07) is 0. The molecule has 1 nitrogen and oxygen atoms in total. The highest BCUT2D eigenvalue weighted by Gasteiger charge is 2.68. The largest absolute Gasteiger partial charge is 0.393 e. The number of hydrogen-bond acceptors (Lipinski definition) is 1. The molecule has 2 fully saturated rings. The van der Waals surface area contributed by atoms with Crippen LogP contribution in [0, 0.1) is 11.3 Å². The van der Waals surface area contributed by atoms with Crippen molar-refractivity contribution < 1.29 is 13.9 Å². The molecule has 2 saturated carbocycles. The van der Waals surface area contributed by atoms with Crippen LogP contribution < -0.4 is 0 Å². The lowest BCUT2D eigenvalue weighted by Gasteiger charge is -2.34. The number of rotatable bonds is 2. The molecule has 0 aromatic carbocycles. The number of alkyl halides is 2. The van der Waals surface area contributed by atoms with Gasteiger partial charge in [0.15, 0.2) is 0 Å². The van der Waals surface area contributed by atoms with Crippen LogP contribution in [0.15, 0.2) is 0 Å². The van der Waals surface area contributed by atoms with E-state index in [-0.39, 0.29) is 18.4 Å². The van der Waals surface area contributed by atoms with Crippen molar-refractivity contribution in [2.24, 2.45) is 11.3 Å². The van der Waals surface area contributed by atoms with Crippen LogP contribution in [0.3, 0.4) is 0 Å². The zero-order valence-electron chi connectivity index (χ0n) is 7.19. The van der Waals surface area contributed by atoms with E-state index in [2.05, 4.69) is 0 Å². The first kappa shape index (κ1) is 8.42. The van der Waals surface area contributed by atoms with Gasteiger partial charge >= 0.3 is 0 Å². The Bertz CT molecular complexity index is 205. The predicted octanol–water partition coefficient (Wildman–Crippen LogP) is 2.19. The van der Waals surface area contributed by atoms with Crippen LogP contribution in [-0.4, -0.2) is 17.1 Å². The second-order valence-corrected chi connectivity index (χ2v) is 4.55. The van der Waals surface area contributed by atoms with Gasteiger partial charge in [-0.3, -0.25) is 0 Å². The third kappa shape index (κ3) is 1.06. The van der Waals surface area contributed by atoms with Gasteiger partial charge in [-0.15, -0.1) is 0 Å². The van der Waals surface area contributed by atoms with Crippen molar-refractivity contribution >= 4 is 0 Å².